The molecule has 0 aromatic heterocycles. The van der Waals surface area contributed by atoms with E-state index in [1.54, 1.807) is 32.6 Å². The van der Waals surface area contributed by atoms with Gasteiger partial charge in [0.25, 0.3) is 0 Å². The number of benzene rings is 1. The molecule has 0 atom stereocenters. The third-order valence-corrected chi connectivity index (χ3v) is 2.25. The number of nitrogens with one attached hydrogen (secondary N) is 1. The highest BCUT2D eigenvalue weighted by Gasteiger charge is 2.12. The number of rotatable bonds is 6. The number of nitrogens with two attached hydrogens (primary N) is 1. The van der Waals surface area contributed by atoms with Crippen LogP contribution < -0.4 is 25.4 Å². The van der Waals surface area contributed by atoms with Crippen LogP contribution in [0.4, 0.5) is 0 Å². The second-order valence-corrected chi connectivity index (χ2v) is 3.86. The fraction of sp³-hybridized carbons (Fsp3) is 0.333. The van der Waals surface area contributed by atoms with Gasteiger partial charge in [0.05, 0.1) is 27.0 Å². The first-order valence-electron chi connectivity index (χ1n) is 5.59. The monoisotopic (exact) mass is 283 g/mol. The Morgan fingerprint density at radius 1 is 1.37 bits per heavy atom. The highest BCUT2D eigenvalue weighted by molar-refractivity contribution is 7.80. The first-order valence-corrected chi connectivity index (χ1v) is 6.00. The number of hydrogen-bond donors (Lipinski definition) is 2. The van der Waals surface area contributed by atoms with Crippen LogP contribution in [0, 0.1) is 0 Å². The molecule has 7 heteroatoms. The van der Waals surface area contributed by atoms with Crippen LogP contribution in [0.25, 0.3) is 0 Å². The van der Waals surface area contributed by atoms with Crippen molar-refractivity contribution >= 4 is 23.5 Å². The van der Waals surface area contributed by atoms with E-state index in [-0.39, 0.29) is 5.11 Å². The summed E-state index contributed by atoms with van der Waals surface area (Å²) in [6.45, 7) is 2.41. The Labute approximate surface area is 117 Å². The van der Waals surface area contributed by atoms with Crippen molar-refractivity contribution in [1.29, 1.82) is 0 Å². The molecule has 0 saturated heterocycles. The van der Waals surface area contributed by atoms with Crippen molar-refractivity contribution in [2.75, 3.05) is 20.8 Å². The Bertz CT molecular complexity index is 452. The fourth-order valence-electron chi connectivity index (χ4n) is 1.43. The highest BCUT2D eigenvalue weighted by Crippen LogP contribution is 2.38. The van der Waals surface area contributed by atoms with Gasteiger partial charge in [0.1, 0.15) is 0 Å². The topological polar surface area (TPSA) is 78.1 Å². The van der Waals surface area contributed by atoms with Crippen molar-refractivity contribution in [3.8, 4) is 17.2 Å². The van der Waals surface area contributed by atoms with Gasteiger partial charge in [-0.2, -0.15) is 5.10 Å². The number of thiocarbonyl (C=S) groups is 1. The van der Waals surface area contributed by atoms with Crippen molar-refractivity contribution in [2.45, 2.75) is 6.92 Å². The molecule has 0 fully saturated rings. The quantitative estimate of drug-likeness (QED) is 0.465. The average Bonchev–Trinajstić information content (AvgIpc) is 2.39. The molecule has 1 aromatic carbocycles. The molecule has 104 valence electrons. The molecule has 0 radical (unpaired) electrons. The lowest BCUT2D eigenvalue weighted by Gasteiger charge is -2.14. The van der Waals surface area contributed by atoms with E-state index in [2.05, 4.69) is 22.7 Å². The lowest BCUT2D eigenvalue weighted by Crippen LogP contribution is -2.23. The molecule has 0 aliphatic heterocycles. The number of ether oxygens (including phenoxy) is 3. The zero-order valence-corrected chi connectivity index (χ0v) is 11.9. The summed E-state index contributed by atoms with van der Waals surface area (Å²) >= 11 is 4.65. The van der Waals surface area contributed by atoms with E-state index in [0.717, 1.165) is 5.56 Å². The van der Waals surface area contributed by atoms with Gasteiger partial charge in [-0.1, -0.05) is 0 Å². The first kappa shape index (κ1) is 15.0. The number of methoxy groups -OCH3 is 2. The minimum absolute atomic E-state index is 0.0983. The summed E-state index contributed by atoms with van der Waals surface area (Å²) in [6, 6.07) is 3.55. The summed E-state index contributed by atoms with van der Waals surface area (Å²) in [7, 11) is 3.12. The summed E-state index contributed by atoms with van der Waals surface area (Å²) in [5.74, 6) is 1.70. The standard InChI is InChI=1S/C12H17N3O3S/c1-4-18-11-9(16-2)5-8(6-10(11)17-3)7-14-15-12(13)19/h5-7H,4H2,1-3H3,(H3,13,15,19). The molecule has 0 aliphatic rings. The van der Waals surface area contributed by atoms with Gasteiger partial charge < -0.3 is 19.9 Å². The maximum absolute atomic E-state index is 5.50. The van der Waals surface area contributed by atoms with E-state index in [1.807, 2.05) is 6.92 Å². The number of hydrogen-bond acceptors (Lipinski definition) is 5. The van der Waals surface area contributed by atoms with Gasteiger partial charge in [-0.05, 0) is 31.3 Å². The molecular weight excluding hydrogens is 266 g/mol. The molecule has 1 aromatic rings. The summed E-state index contributed by atoms with van der Waals surface area (Å²) in [6.07, 6.45) is 1.56. The van der Waals surface area contributed by atoms with Gasteiger partial charge in [-0.3, -0.25) is 5.43 Å². The van der Waals surface area contributed by atoms with Crippen LogP contribution in [-0.2, 0) is 0 Å². The number of nitrogens with zero attached hydrogens (tertiary/aromatic N) is 1. The van der Waals surface area contributed by atoms with E-state index in [4.69, 9.17) is 19.9 Å². The Hall–Kier alpha value is -2.02. The molecule has 0 heterocycles. The largest absolute Gasteiger partial charge is 0.493 e. The minimum atomic E-state index is 0.0983. The Morgan fingerprint density at radius 2 is 1.95 bits per heavy atom. The Morgan fingerprint density at radius 3 is 2.37 bits per heavy atom. The molecule has 0 amide bonds. The summed E-state index contributed by atoms with van der Waals surface area (Å²) in [5, 5.41) is 3.97. The van der Waals surface area contributed by atoms with E-state index in [1.165, 1.54) is 0 Å². The summed E-state index contributed by atoms with van der Waals surface area (Å²) < 4.78 is 16.0. The molecule has 19 heavy (non-hydrogen) atoms. The van der Waals surface area contributed by atoms with E-state index in [9.17, 15) is 0 Å². The molecule has 0 unspecified atom stereocenters. The molecule has 1 rings (SSSR count). The smallest absolute Gasteiger partial charge is 0.203 e. The molecule has 6 nitrogen and oxygen atoms in total. The molecule has 0 bridgehead atoms. The van der Waals surface area contributed by atoms with Crippen LogP contribution in [0.3, 0.4) is 0 Å². The van der Waals surface area contributed by atoms with Crippen LogP contribution >= 0.6 is 12.2 Å². The maximum atomic E-state index is 5.50. The van der Waals surface area contributed by atoms with Crippen LogP contribution in [0.1, 0.15) is 12.5 Å². The van der Waals surface area contributed by atoms with Gasteiger partial charge in [0.15, 0.2) is 16.6 Å². The molecule has 0 spiro atoms. The van der Waals surface area contributed by atoms with Gasteiger partial charge >= 0.3 is 0 Å². The molecule has 0 saturated carbocycles. The third-order valence-electron chi connectivity index (χ3n) is 2.16. The van der Waals surface area contributed by atoms with E-state index in [0.29, 0.717) is 23.9 Å². The van der Waals surface area contributed by atoms with Crippen LogP contribution in [0.5, 0.6) is 17.2 Å². The van der Waals surface area contributed by atoms with Gasteiger partial charge in [0, 0.05) is 5.56 Å². The Kier molecular flexibility index (Phi) is 5.87. The average molecular weight is 283 g/mol. The van der Waals surface area contributed by atoms with Crippen LogP contribution in [-0.4, -0.2) is 32.2 Å². The Balaban J connectivity index is 3.08. The van der Waals surface area contributed by atoms with E-state index < -0.39 is 0 Å². The van der Waals surface area contributed by atoms with Crippen molar-refractivity contribution in [3.05, 3.63) is 17.7 Å². The fourth-order valence-corrected chi connectivity index (χ4v) is 1.48. The van der Waals surface area contributed by atoms with Crippen LogP contribution in [0.15, 0.2) is 17.2 Å². The lowest BCUT2D eigenvalue weighted by molar-refractivity contribution is 0.288. The summed E-state index contributed by atoms with van der Waals surface area (Å²) in [5.41, 5.74) is 8.51. The zero-order chi connectivity index (χ0) is 14.3. The molecule has 3 N–H and O–H groups in total. The normalized spacial score (nSPS) is 10.3. The van der Waals surface area contributed by atoms with Gasteiger partial charge in [-0.25, -0.2) is 0 Å². The highest BCUT2D eigenvalue weighted by atomic mass is 32.1. The molecule has 0 aliphatic carbocycles. The van der Waals surface area contributed by atoms with E-state index >= 15 is 0 Å². The lowest BCUT2D eigenvalue weighted by atomic mass is 10.2. The predicted octanol–water partition coefficient (Wildman–Crippen LogP) is 1.27. The number of hydrazone groups is 1. The zero-order valence-electron chi connectivity index (χ0n) is 11.1. The van der Waals surface area contributed by atoms with Gasteiger partial charge in [0.2, 0.25) is 5.75 Å². The van der Waals surface area contributed by atoms with Crippen LogP contribution in [0.2, 0.25) is 0 Å². The van der Waals surface area contributed by atoms with Crippen molar-refractivity contribution in [3.63, 3.8) is 0 Å². The second-order valence-electron chi connectivity index (χ2n) is 3.42. The maximum Gasteiger partial charge on any atom is 0.203 e. The van der Waals surface area contributed by atoms with Crippen molar-refractivity contribution < 1.29 is 14.2 Å². The first-order chi connectivity index (χ1) is 9.12. The summed E-state index contributed by atoms with van der Waals surface area (Å²) in [4.78, 5) is 0. The third kappa shape index (κ3) is 4.29. The van der Waals surface area contributed by atoms with Gasteiger partial charge in [-0.15, -0.1) is 0 Å². The van der Waals surface area contributed by atoms with Crippen molar-refractivity contribution in [1.82, 2.24) is 5.43 Å². The minimum Gasteiger partial charge on any atom is -0.493 e. The SMILES string of the molecule is CCOc1c(OC)cc(C=NNC(N)=S)cc1OC. The van der Waals surface area contributed by atoms with Crippen molar-refractivity contribution in [2.24, 2.45) is 10.8 Å². The molecular formula is C12H17N3O3S. The second kappa shape index (κ2) is 7.42. The predicted molar refractivity (Wildman–Crippen MR) is 78.2 cm³/mol.